The lowest BCUT2D eigenvalue weighted by molar-refractivity contribution is -0.123. The number of nitrogens with two attached hydrogens (primary N) is 1. The molecule has 1 heterocycles. The smallest absolute Gasteiger partial charge is 0.230 e. The number of carbonyl (C=O) groups is 1. The third kappa shape index (κ3) is 4.44. The van der Waals surface area contributed by atoms with Crippen molar-refractivity contribution in [2.24, 2.45) is 11.7 Å². The monoisotopic (exact) mass is 268 g/mol. The van der Waals surface area contributed by atoms with Crippen molar-refractivity contribution in [2.45, 2.75) is 39.3 Å². The average molecular weight is 268 g/mol. The van der Waals surface area contributed by atoms with Gasteiger partial charge in [-0.2, -0.15) is 5.10 Å². The minimum Gasteiger partial charge on any atom is -0.393 e. The van der Waals surface area contributed by atoms with Crippen LogP contribution in [-0.2, 0) is 11.3 Å². The lowest BCUT2D eigenvalue weighted by Crippen LogP contribution is -2.43. The number of hydrogen-bond donors (Lipinski definition) is 2. The van der Waals surface area contributed by atoms with Crippen molar-refractivity contribution >= 4 is 23.1 Å². The molecule has 18 heavy (non-hydrogen) atoms. The van der Waals surface area contributed by atoms with E-state index in [1.54, 1.807) is 10.9 Å². The second-order valence-corrected chi connectivity index (χ2v) is 4.85. The van der Waals surface area contributed by atoms with E-state index in [-0.39, 0.29) is 22.9 Å². The van der Waals surface area contributed by atoms with Gasteiger partial charge in [0.1, 0.15) is 0 Å². The van der Waals surface area contributed by atoms with Gasteiger partial charge in [-0.25, -0.2) is 0 Å². The highest BCUT2D eigenvalue weighted by Gasteiger charge is 2.21. The Morgan fingerprint density at radius 1 is 1.61 bits per heavy atom. The molecule has 0 aliphatic heterocycles. The van der Waals surface area contributed by atoms with Gasteiger partial charge in [0.25, 0.3) is 0 Å². The van der Waals surface area contributed by atoms with Gasteiger partial charge in [0.05, 0.1) is 17.5 Å². The van der Waals surface area contributed by atoms with E-state index in [4.69, 9.17) is 18.0 Å². The first-order chi connectivity index (χ1) is 8.54. The molecule has 0 saturated carbocycles. The van der Waals surface area contributed by atoms with Gasteiger partial charge in [-0.15, -0.1) is 0 Å². The normalized spacial score (nSPS) is 13.9. The number of nitrogens with zero attached hydrogens (tertiary/aromatic N) is 2. The predicted molar refractivity (Wildman–Crippen MR) is 75.0 cm³/mol. The van der Waals surface area contributed by atoms with Crippen LogP contribution in [0.4, 0.5) is 0 Å². The van der Waals surface area contributed by atoms with Crippen LogP contribution in [0.25, 0.3) is 0 Å². The summed E-state index contributed by atoms with van der Waals surface area (Å²) in [5.41, 5.74) is 5.59. The van der Waals surface area contributed by atoms with Crippen molar-refractivity contribution in [2.75, 3.05) is 0 Å². The Labute approximate surface area is 113 Å². The summed E-state index contributed by atoms with van der Waals surface area (Å²) in [7, 11) is 0. The average Bonchev–Trinajstić information content (AvgIpc) is 2.77. The van der Waals surface area contributed by atoms with Crippen molar-refractivity contribution in [1.82, 2.24) is 15.1 Å². The van der Waals surface area contributed by atoms with Gasteiger partial charge < -0.3 is 11.1 Å². The maximum absolute atomic E-state index is 12.0. The maximum atomic E-state index is 12.0. The van der Waals surface area contributed by atoms with E-state index >= 15 is 0 Å². The van der Waals surface area contributed by atoms with Crippen molar-refractivity contribution in [3.63, 3.8) is 0 Å². The molecule has 100 valence electrons. The van der Waals surface area contributed by atoms with Gasteiger partial charge in [-0.1, -0.05) is 25.6 Å². The van der Waals surface area contributed by atoms with Crippen LogP contribution in [0.2, 0.25) is 0 Å². The Hall–Kier alpha value is -1.43. The van der Waals surface area contributed by atoms with Crippen LogP contribution in [0.15, 0.2) is 18.5 Å². The van der Waals surface area contributed by atoms with Crippen LogP contribution in [0, 0.1) is 5.92 Å². The summed E-state index contributed by atoms with van der Waals surface area (Å²) in [6.07, 6.45) is 5.14. The van der Waals surface area contributed by atoms with Gasteiger partial charge in [-0.3, -0.25) is 9.48 Å². The molecule has 3 N–H and O–H groups in total. The molecule has 1 rings (SSSR count). The third-order valence-corrected chi connectivity index (χ3v) is 2.93. The van der Waals surface area contributed by atoms with E-state index in [0.29, 0.717) is 13.0 Å². The summed E-state index contributed by atoms with van der Waals surface area (Å²) < 4.78 is 1.78. The Morgan fingerprint density at radius 2 is 2.33 bits per heavy atom. The number of carbonyl (C=O) groups excluding carboxylic acids is 1. The molecule has 2 unspecified atom stereocenters. The minimum atomic E-state index is -0.370. The maximum Gasteiger partial charge on any atom is 0.230 e. The number of rotatable bonds is 7. The first-order valence-corrected chi connectivity index (χ1v) is 6.52. The molecule has 0 bridgehead atoms. The molecular formula is C12H20N4OS. The predicted octanol–water partition coefficient (Wildman–Crippen LogP) is 1.09. The molecule has 0 radical (unpaired) electrons. The Kier molecular flexibility index (Phi) is 5.77. The van der Waals surface area contributed by atoms with Gasteiger partial charge in [0.2, 0.25) is 5.91 Å². The molecule has 0 fully saturated rings. The van der Waals surface area contributed by atoms with Crippen LogP contribution >= 0.6 is 12.2 Å². The number of hydrogen-bond acceptors (Lipinski definition) is 3. The van der Waals surface area contributed by atoms with Gasteiger partial charge in [-0.05, 0) is 19.4 Å². The molecular weight excluding hydrogens is 248 g/mol. The number of nitrogens with one attached hydrogen (secondary N) is 1. The van der Waals surface area contributed by atoms with Crippen LogP contribution in [0.5, 0.6) is 0 Å². The van der Waals surface area contributed by atoms with E-state index in [0.717, 1.165) is 6.42 Å². The van der Waals surface area contributed by atoms with Crippen LogP contribution in [0.3, 0.4) is 0 Å². The number of thiocarbonyl (C=S) groups is 1. The van der Waals surface area contributed by atoms with Gasteiger partial charge >= 0.3 is 0 Å². The fourth-order valence-electron chi connectivity index (χ4n) is 1.77. The van der Waals surface area contributed by atoms with Crippen molar-refractivity contribution < 1.29 is 4.79 Å². The molecule has 0 spiro atoms. The summed E-state index contributed by atoms with van der Waals surface area (Å²) >= 11 is 4.93. The van der Waals surface area contributed by atoms with Crippen LogP contribution < -0.4 is 11.1 Å². The van der Waals surface area contributed by atoms with Crippen LogP contribution in [0.1, 0.15) is 26.7 Å². The van der Waals surface area contributed by atoms with E-state index in [9.17, 15) is 4.79 Å². The summed E-state index contributed by atoms with van der Waals surface area (Å²) in [6.45, 7) is 4.57. The van der Waals surface area contributed by atoms with Gasteiger partial charge in [0, 0.05) is 18.4 Å². The molecule has 0 aliphatic carbocycles. The molecule has 2 atom stereocenters. The standard InChI is InChI=1S/C12H20N4OS/c1-3-5-10(11(13)18)12(17)15-9(2)8-16-7-4-6-14-16/h4,6-7,9-10H,3,5,8H2,1-2H3,(H2,13,18)(H,15,17). The molecule has 5 nitrogen and oxygen atoms in total. The Morgan fingerprint density at radius 3 is 2.83 bits per heavy atom. The van der Waals surface area contributed by atoms with Crippen molar-refractivity contribution in [3.8, 4) is 0 Å². The van der Waals surface area contributed by atoms with Crippen molar-refractivity contribution in [1.29, 1.82) is 0 Å². The summed E-state index contributed by atoms with van der Waals surface area (Å²) in [5.74, 6) is -0.464. The zero-order chi connectivity index (χ0) is 13.5. The summed E-state index contributed by atoms with van der Waals surface area (Å²) in [6, 6.07) is 1.84. The fraction of sp³-hybridized carbons (Fsp3) is 0.583. The van der Waals surface area contributed by atoms with Crippen LogP contribution in [-0.4, -0.2) is 26.7 Å². The van der Waals surface area contributed by atoms with Gasteiger partial charge in [0.15, 0.2) is 0 Å². The number of aromatic nitrogens is 2. The summed E-state index contributed by atoms with van der Waals surface area (Å²) in [5, 5.41) is 7.01. The first kappa shape index (κ1) is 14.6. The highest BCUT2D eigenvalue weighted by atomic mass is 32.1. The topological polar surface area (TPSA) is 72.9 Å². The van der Waals surface area contributed by atoms with E-state index < -0.39 is 0 Å². The fourth-order valence-corrected chi connectivity index (χ4v) is 1.99. The molecule has 1 aromatic rings. The second kappa shape index (κ2) is 7.10. The molecule has 0 saturated heterocycles. The third-order valence-electron chi connectivity index (χ3n) is 2.65. The van der Waals surface area contributed by atoms with E-state index in [1.807, 2.05) is 26.1 Å². The lowest BCUT2D eigenvalue weighted by atomic mass is 10.0. The molecule has 0 aromatic carbocycles. The SMILES string of the molecule is CCCC(C(=O)NC(C)Cn1cccn1)C(N)=S. The number of amides is 1. The zero-order valence-corrected chi connectivity index (χ0v) is 11.6. The van der Waals surface area contributed by atoms with Crippen molar-refractivity contribution in [3.05, 3.63) is 18.5 Å². The minimum absolute atomic E-state index is 0.00824. The Balaban J connectivity index is 2.49. The lowest BCUT2D eigenvalue weighted by Gasteiger charge is -2.19. The molecule has 1 aromatic heterocycles. The highest BCUT2D eigenvalue weighted by Crippen LogP contribution is 2.07. The molecule has 1 amide bonds. The largest absolute Gasteiger partial charge is 0.393 e. The quantitative estimate of drug-likeness (QED) is 0.726. The first-order valence-electron chi connectivity index (χ1n) is 6.11. The molecule has 0 aliphatic rings. The molecule has 6 heteroatoms. The highest BCUT2D eigenvalue weighted by molar-refractivity contribution is 7.80. The second-order valence-electron chi connectivity index (χ2n) is 4.38. The zero-order valence-electron chi connectivity index (χ0n) is 10.8. The van der Waals surface area contributed by atoms with E-state index in [2.05, 4.69) is 10.4 Å². The van der Waals surface area contributed by atoms with E-state index in [1.165, 1.54) is 0 Å². The summed E-state index contributed by atoms with van der Waals surface area (Å²) in [4.78, 5) is 12.3. The Bertz CT molecular complexity index is 391.